The molecule has 1 aromatic carbocycles. The predicted octanol–water partition coefficient (Wildman–Crippen LogP) is 2.24. The standard InChI is InChI=1S/C19H31N3O3S.ClH/c1-5-20-16(4)13-21-19(23)17-8-10-22(11-9-17)26(24,25)18-7-6-14(2)12-15(18)3;/h6-7,12,16-17,20H,5,8-11,13H2,1-4H3,(H,21,23);1H/t16-;/m1./s1. The molecule has 154 valence electrons. The highest BCUT2D eigenvalue weighted by molar-refractivity contribution is 7.89. The van der Waals surface area contributed by atoms with Crippen LogP contribution in [0.25, 0.3) is 0 Å². The van der Waals surface area contributed by atoms with Crippen molar-refractivity contribution < 1.29 is 13.2 Å². The minimum absolute atomic E-state index is 0. The zero-order chi connectivity index (χ0) is 19.3. The third kappa shape index (κ3) is 6.17. The van der Waals surface area contributed by atoms with Crippen LogP contribution >= 0.6 is 12.4 Å². The van der Waals surface area contributed by atoms with E-state index in [2.05, 4.69) is 10.6 Å². The van der Waals surface area contributed by atoms with Gasteiger partial charge in [-0.15, -0.1) is 12.4 Å². The molecule has 1 atom stereocenters. The molecule has 1 fully saturated rings. The highest BCUT2D eigenvalue weighted by Gasteiger charge is 2.32. The van der Waals surface area contributed by atoms with Crippen LogP contribution in [-0.2, 0) is 14.8 Å². The Bertz CT molecular complexity index is 732. The van der Waals surface area contributed by atoms with Gasteiger partial charge in [0.15, 0.2) is 0 Å². The van der Waals surface area contributed by atoms with Crippen molar-refractivity contribution in [3.8, 4) is 0 Å². The molecule has 0 unspecified atom stereocenters. The third-order valence-electron chi connectivity index (χ3n) is 4.91. The number of sulfonamides is 1. The highest BCUT2D eigenvalue weighted by Crippen LogP contribution is 2.26. The van der Waals surface area contributed by atoms with Gasteiger partial charge in [-0.1, -0.05) is 24.6 Å². The molecule has 1 aliphatic heterocycles. The van der Waals surface area contributed by atoms with Crippen LogP contribution in [0.1, 0.15) is 37.8 Å². The molecule has 0 bridgehead atoms. The summed E-state index contributed by atoms with van der Waals surface area (Å²) in [7, 11) is -3.50. The van der Waals surface area contributed by atoms with Gasteiger partial charge >= 0.3 is 0 Å². The smallest absolute Gasteiger partial charge is 0.243 e. The summed E-state index contributed by atoms with van der Waals surface area (Å²) < 4.78 is 27.3. The number of carbonyl (C=O) groups excluding carboxylic acids is 1. The minimum Gasteiger partial charge on any atom is -0.354 e. The highest BCUT2D eigenvalue weighted by atomic mass is 35.5. The first-order valence-electron chi connectivity index (χ1n) is 9.34. The lowest BCUT2D eigenvalue weighted by atomic mass is 9.97. The number of hydrogen-bond acceptors (Lipinski definition) is 4. The second-order valence-electron chi connectivity index (χ2n) is 7.15. The summed E-state index contributed by atoms with van der Waals surface area (Å²) in [6.45, 7) is 10.1. The molecule has 0 aromatic heterocycles. The predicted molar refractivity (Wildman–Crippen MR) is 111 cm³/mol. The van der Waals surface area contributed by atoms with Crippen LogP contribution in [0.3, 0.4) is 0 Å². The van der Waals surface area contributed by atoms with E-state index in [1.54, 1.807) is 6.07 Å². The molecule has 2 rings (SSSR count). The summed E-state index contributed by atoms with van der Waals surface area (Å²) in [5, 5.41) is 6.22. The van der Waals surface area contributed by atoms with Crippen molar-refractivity contribution in [3.63, 3.8) is 0 Å². The number of amides is 1. The van der Waals surface area contributed by atoms with Crippen LogP contribution < -0.4 is 10.6 Å². The van der Waals surface area contributed by atoms with E-state index < -0.39 is 10.0 Å². The van der Waals surface area contributed by atoms with Gasteiger partial charge in [0.05, 0.1) is 4.90 Å². The molecule has 0 saturated carbocycles. The molecule has 2 N–H and O–H groups in total. The maximum Gasteiger partial charge on any atom is 0.243 e. The summed E-state index contributed by atoms with van der Waals surface area (Å²) in [5.74, 6) is -0.0901. The first-order valence-corrected chi connectivity index (χ1v) is 10.8. The molecule has 1 aromatic rings. The Balaban J connectivity index is 0.00000364. The van der Waals surface area contributed by atoms with Gasteiger partial charge < -0.3 is 10.6 Å². The van der Waals surface area contributed by atoms with Gasteiger partial charge in [-0.2, -0.15) is 4.31 Å². The molecule has 0 radical (unpaired) electrons. The Kier molecular flexibility index (Phi) is 9.21. The number of nitrogens with one attached hydrogen (secondary N) is 2. The molecule has 27 heavy (non-hydrogen) atoms. The van der Waals surface area contributed by atoms with Crippen molar-refractivity contribution in [2.75, 3.05) is 26.2 Å². The number of nitrogens with zero attached hydrogens (tertiary/aromatic N) is 1. The van der Waals surface area contributed by atoms with Crippen LogP contribution in [0.4, 0.5) is 0 Å². The summed E-state index contributed by atoms with van der Waals surface area (Å²) in [6.07, 6.45) is 1.12. The molecule has 1 saturated heterocycles. The van der Waals surface area contributed by atoms with E-state index in [0.29, 0.717) is 37.4 Å². The molecule has 6 nitrogen and oxygen atoms in total. The fourth-order valence-corrected chi connectivity index (χ4v) is 5.08. The van der Waals surface area contributed by atoms with Crippen molar-refractivity contribution in [1.82, 2.24) is 14.9 Å². The maximum atomic E-state index is 12.9. The van der Waals surface area contributed by atoms with Gasteiger partial charge in [0.25, 0.3) is 0 Å². The van der Waals surface area contributed by atoms with Crippen molar-refractivity contribution in [3.05, 3.63) is 29.3 Å². The Morgan fingerprint density at radius 1 is 1.26 bits per heavy atom. The molecule has 0 aliphatic carbocycles. The monoisotopic (exact) mass is 417 g/mol. The molecular formula is C19H32ClN3O3S. The zero-order valence-corrected chi connectivity index (χ0v) is 18.3. The number of benzene rings is 1. The summed E-state index contributed by atoms with van der Waals surface area (Å²) >= 11 is 0. The van der Waals surface area contributed by atoms with Crippen molar-refractivity contribution in [1.29, 1.82) is 0 Å². The third-order valence-corrected chi connectivity index (χ3v) is 6.97. The molecule has 0 spiro atoms. The number of rotatable bonds is 7. The molecule has 1 amide bonds. The lowest BCUT2D eigenvalue weighted by Crippen LogP contribution is -2.45. The minimum atomic E-state index is -3.50. The lowest BCUT2D eigenvalue weighted by Gasteiger charge is -2.31. The molecule has 1 aliphatic rings. The van der Waals surface area contributed by atoms with Gasteiger partial charge in [0, 0.05) is 31.6 Å². The van der Waals surface area contributed by atoms with Crippen molar-refractivity contribution >= 4 is 28.3 Å². The number of piperidine rings is 1. The Labute approximate surface area is 169 Å². The average molecular weight is 418 g/mol. The second kappa shape index (κ2) is 10.4. The first kappa shape index (κ1) is 23.9. The quantitative estimate of drug-likeness (QED) is 0.713. The van der Waals surface area contributed by atoms with Gasteiger partial charge in [-0.05, 0) is 51.8 Å². The van der Waals surface area contributed by atoms with Crippen molar-refractivity contribution in [2.45, 2.75) is 51.5 Å². The van der Waals surface area contributed by atoms with Gasteiger partial charge in [0.1, 0.15) is 0 Å². The van der Waals surface area contributed by atoms with E-state index >= 15 is 0 Å². The first-order chi connectivity index (χ1) is 12.3. The largest absolute Gasteiger partial charge is 0.354 e. The number of aryl methyl sites for hydroxylation is 2. The second-order valence-corrected chi connectivity index (χ2v) is 9.06. The number of likely N-dealkylation sites (N-methyl/N-ethyl adjacent to an activating group) is 1. The van der Waals surface area contributed by atoms with Gasteiger partial charge in [0.2, 0.25) is 15.9 Å². The molecule has 1 heterocycles. The van der Waals surface area contributed by atoms with Crippen LogP contribution in [-0.4, -0.2) is 50.9 Å². The SMILES string of the molecule is CCN[C@H](C)CNC(=O)C1CCN(S(=O)(=O)c2ccc(C)cc2C)CC1.Cl. The molecular weight excluding hydrogens is 386 g/mol. The van der Waals surface area contributed by atoms with Crippen LogP contribution in [0.2, 0.25) is 0 Å². The fraction of sp³-hybridized carbons (Fsp3) is 0.632. The van der Waals surface area contributed by atoms with E-state index in [-0.39, 0.29) is 30.3 Å². The van der Waals surface area contributed by atoms with E-state index in [4.69, 9.17) is 0 Å². The van der Waals surface area contributed by atoms with E-state index in [1.165, 1.54) is 4.31 Å². The Morgan fingerprint density at radius 2 is 1.89 bits per heavy atom. The van der Waals surface area contributed by atoms with E-state index in [9.17, 15) is 13.2 Å². The zero-order valence-electron chi connectivity index (χ0n) is 16.6. The van der Waals surface area contributed by atoms with Gasteiger partial charge in [-0.3, -0.25) is 4.79 Å². The normalized spacial score (nSPS) is 17.2. The molecule has 8 heteroatoms. The Hall–Kier alpha value is -1.15. The van der Waals surface area contributed by atoms with Crippen LogP contribution in [0.15, 0.2) is 23.1 Å². The average Bonchev–Trinajstić information content (AvgIpc) is 2.59. The maximum absolute atomic E-state index is 12.9. The fourth-order valence-electron chi connectivity index (χ4n) is 3.40. The van der Waals surface area contributed by atoms with Crippen LogP contribution in [0, 0.1) is 19.8 Å². The van der Waals surface area contributed by atoms with Gasteiger partial charge in [-0.25, -0.2) is 8.42 Å². The lowest BCUT2D eigenvalue weighted by molar-refractivity contribution is -0.126. The van der Waals surface area contributed by atoms with Crippen molar-refractivity contribution in [2.24, 2.45) is 5.92 Å². The number of hydrogen-bond donors (Lipinski definition) is 2. The number of halogens is 1. The van der Waals surface area contributed by atoms with E-state index in [0.717, 1.165) is 17.7 Å². The topological polar surface area (TPSA) is 78.5 Å². The summed E-state index contributed by atoms with van der Waals surface area (Å²) in [6, 6.07) is 5.62. The Morgan fingerprint density at radius 3 is 2.44 bits per heavy atom. The summed E-state index contributed by atoms with van der Waals surface area (Å²) in [5.41, 5.74) is 1.81. The van der Waals surface area contributed by atoms with Crippen LogP contribution in [0.5, 0.6) is 0 Å². The number of carbonyl (C=O) groups is 1. The summed E-state index contributed by atoms with van der Waals surface area (Å²) in [4.78, 5) is 12.7. The van der Waals surface area contributed by atoms with E-state index in [1.807, 2.05) is 39.8 Å².